The van der Waals surface area contributed by atoms with Crippen LogP contribution in [0.3, 0.4) is 0 Å². The smallest absolute Gasteiger partial charge is 0.254 e. The first-order chi connectivity index (χ1) is 16.5. The summed E-state index contributed by atoms with van der Waals surface area (Å²) in [5.41, 5.74) is 4.05. The van der Waals surface area contributed by atoms with Gasteiger partial charge in [-0.2, -0.15) is 0 Å². The summed E-state index contributed by atoms with van der Waals surface area (Å²) < 4.78 is 2.21. The van der Waals surface area contributed by atoms with Crippen LogP contribution in [0.1, 0.15) is 59.8 Å². The molecule has 0 N–H and O–H groups in total. The van der Waals surface area contributed by atoms with Crippen molar-refractivity contribution in [1.82, 2.24) is 14.4 Å². The van der Waals surface area contributed by atoms with Gasteiger partial charge >= 0.3 is 0 Å². The molecule has 2 aromatic carbocycles. The number of amides is 2. The van der Waals surface area contributed by atoms with Crippen molar-refractivity contribution in [2.24, 2.45) is 0 Å². The first kappa shape index (κ1) is 23.8. The average Bonchev–Trinajstić information content (AvgIpc) is 3.60. The van der Waals surface area contributed by atoms with Crippen molar-refractivity contribution in [3.05, 3.63) is 95.3 Å². The number of rotatable bonds is 11. The van der Waals surface area contributed by atoms with Gasteiger partial charge < -0.3 is 14.4 Å². The summed E-state index contributed by atoms with van der Waals surface area (Å²) in [6.07, 6.45) is 6.00. The van der Waals surface area contributed by atoms with E-state index in [1.165, 1.54) is 5.56 Å². The van der Waals surface area contributed by atoms with Gasteiger partial charge in [0.15, 0.2) is 0 Å². The van der Waals surface area contributed by atoms with Gasteiger partial charge in [-0.25, -0.2) is 0 Å². The molecule has 0 bridgehead atoms. The molecule has 0 saturated heterocycles. The number of benzene rings is 2. The lowest BCUT2D eigenvalue weighted by Gasteiger charge is -2.28. The van der Waals surface area contributed by atoms with Crippen LogP contribution < -0.4 is 0 Å². The molecule has 1 saturated carbocycles. The Labute approximate surface area is 203 Å². The van der Waals surface area contributed by atoms with Gasteiger partial charge in [0.1, 0.15) is 6.54 Å². The number of aromatic nitrogens is 1. The van der Waals surface area contributed by atoms with Crippen LogP contribution in [0.25, 0.3) is 0 Å². The molecule has 0 spiro atoms. The Hall–Kier alpha value is -3.34. The molecule has 1 aliphatic rings. The SMILES string of the molecule is CCCCN(CC(=O)N(Cc1cccn1Cc1ccccc1)C1CC1)C(=O)c1cccc(C)c1. The molecule has 5 heteroatoms. The molecular formula is C29H35N3O2. The summed E-state index contributed by atoms with van der Waals surface area (Å²) in [5.74, 6) is -0.0271. The summed E-state index contributed by atoms with van der Waals surface area (Å²) in [4.78, 5) is 30.5. The molecule has 178 valence electrons. The molecule has 4 rings (SSSR count). The normalized spacial score (nSPS) is 13.0. The summed E-state index contributed by atoms with van der Waals surface area (Å²) in [6.45, 7) is 6.17. The number of aryl methyl sites for hydroxylation is 1. The van der Waals surface area contributed by atoms with Gasteiger partial charge in [0.05, 0.1) is 6.54 Å². The lowest BCUT2D eigenvalue weighted by molar-refractivity contribution is -0.133. The number of carbonyl (C=O) groups excluding carboxylic acids is 2. The maximum atomic E-state index is 13.5. The highest BCUT2D eigenvalue weighted by atomic mass is 16.2. The zero-order valence-corrected chi connectivity index (χ0v) is 20.3. The largest absolute Gasteiger partial charge is 0.345 e. The molecular weight excluding hydrogens is 422 g/mol. The van der Waals surface area contributed by atoms with E-state index in [1.54, 1.807) is 4.90 Å². The van der Waals surface area contributed by atoms with E-state index in [2.05, 4.69) is 48.0 Å². The van der Waals surface area contributed by atoms with Crippen molar-refractivity contribution in [2.45, 2.75) is 58.7 Å². The van der Waals surface area contributed by atoms with Crippen LogP contribution in [0.4, 0.5) is 0 Å². The minimum atomic E-state index is -0.0614. The van der Waals surface area contributed by atoms with E-state index in [-0.39, 0.29) is 24.4 Å². The predicted molar refractivity (Wildman–Crippen MR) is 136 cm³/mol. The Morgan fingerprint density at radius 2 is 1.79 bits per heavy atom. The van der Waals surface area contributed by atoms with E-state index in [0.29, 0.717) is 18.7 Å². The first-order valence-electron chi connectivity index (χ1n) is 12.4. The Balaban J connectivity index is 1.48. The van der Waals surface area contributed by atoms with Gasteiger partial charge in [-0.15, -0.1) is 0 Å². The molecule has 1 aromatic heterocycles. The molecule has 34 heavy (non-hydrogen) atoms. The number of hydrogen-bond acceptors (Lipinski definition) is 2. The minimum Gasteiger partial charge on any atom is -0.345 e. The van der Waals surface area contributed by atoms with Gasteiger partial charge in [0.2, 0.25) is 5.91 Å². The van der Waals surface area contributed by atoms with E-state index in [0.717, 1.165) is 43.5 Å². The summed E-state index contributed by atoms with van der Waals surface area (Å²) in [7, 11) is 0. The lowest BCUT2D eigenvalue weighted by atomic mass is 10.1. The number of hydrogen-bond donors (Lipinski definition) is 0. The van der Waals surface area contributed by atoms with Crippen molar-refractivity contribution in [3.8, 4) is 0 Å². The summed E-state index contributed by atoms with van der Waals surface area (Å²) in [6, 6.07) is 22.4. The Morgan fingerprint density at radius 3 is 2.50 bits per heavy atom. The van der Waals surface area contributed by atoms with Crippen molar-refractivity contribution in [1.29, 1.82) is 0 Å². The number of carbonyl (C=O) groups is 2. The molecule has 2 amide bonds. The van der Waals surface area contributed by atoms with Crippen LogP contribution in [-0.2, 0) is 17.9 Å². The highest BCUT2D eigenvalue weighted by Crippen LogP contribution is 2.29. The molecule has 1 fully saturated rings. The van der Waals surface area contributed by atoms with Crippen molar-refractivity contribution in [3.63, 3.8) is 0 Å². The van der Waals surface area contributed by atoms with E-state index in [9.17, 15) is 9.59 Å². The minimum absolute atomic E-state index is 0.0343. The van der Waals surface area contributed by atoms with E-state index in [4.69, 9.17) is 0 Å². The maximum absolute atomic E-state index is 13.5. The van der Waals surface area contributed by atoms with E-state index < -0.39 is 0 Å². The van der Waals surface area contributed by atoms with Gasteiger partial charge in [0, 0.05) is 36.6 Å². The maximum Gasteiger partial charge on any atom is 0.254 e. The van der Waals surface area contributed by atoms with E-state index in [1.807, 2.05) is 48.2 Å². The molecule has 5 nitrogen and oxygen atoms in total. The number of nitrogens with zero attached hydrogens (tertiary/aromatic N) is 3. The molecule has 0 unspecified atom stereocenters. The fourth-order valence-electron chi connectivity index (χ4n) is 4.33. The van der Waals surface area contributed by atoms with Crippen LogP contribution >= 0.6 is 0 Å². The second-order valence-electron chi connectivity index (χ2n) is 9.32. The van der Waals surface area contributed by atoms with Crippen molar-refractivity contribution >= 4 is 11.8 Å². The molecule has 1 heterocycles. The van der Waals surface area contributed by atoms with Crippen LogP contribution in [0, 0.1) is 6.92 Å². The monoisotopic (exact) mass is 457 g/mol. The third kappa shape index (κ3) is 6.16. The quantitative estimate of drug-likeness (QED) is 0.393. The predicted octanol–water partition coefficient (Wildman–Crippen LogP) is 5.28. The third-order valence-electron chi connectivity index (χ3n) is 6.42. The Kier molecular flexibility index (Phi) is 7.84. The Bertz CT molecular complexity index is 1100. The van der Waals surface area contributed by atoms with Crippen molar-refractivity contribution < 1.29 is 9.59 Å². The summed E-state index contributed by atoms with van der Waals surface area (Å²) in [5, 5.41) is 0. The lowest BCUT2D eigenvalue weighted by Crippen LogP contribution is -2.44. The molecule has 3 aromatic rings. The number of unbranched alkanes of at least 4 members (excludes halogenated alkanes) is 1. The molecule has 0 atom stereocenters. The first-order valence-corrected chi connectivity index (χ1v) is 12.4. The van der Waals surface area contributed by atoms with Gasteiger partial charge in [-0.1, -0.05) is 61.4 Å². The fourth-order valence-corrected chi connectivity index (χ4v) is 4.33. The fraction of sp³-hybridized carbons (Fsp3) is 0.379. The van der Waals surface area contributed by atoms with Gasteiger partial charge in [-0.05, 0) is 56.0 Å². The standard InChI is InChI=1S/C29H35N3O2/c1-3-4-17-31(29(34)25-13-8-10-23(2)19-25)22-28(33)32(26-15-16-26)21-27-14-9-18-30(27)20-24-11-6-5-7-12-24/h5-14,18-19,26H,3-4,15-17,20-22H2,1-2H3. The van der Waals surface area contributed by atoms with Crippen LogP contribution in [0.15, 0.2) is 72.9 Å². The van der Waals surface area contributed by atoms with Gasteiger partial charge in [0.25, 0.3) is 5.91 Å². The molecule has 0 radical (unpaired) electrons. The second-order valence-corrected chi connectivity index (χ2v) is 9.32. The Morgan fingerprint density at radius 1 is 1.00 bits per heavy atom. The van der Waals surface area contributed by atoms with Crippen LogP contribution in [0.5, 0.6) is 0 Å². The zero-order chi connectivity index (χ0) is 23.9. The molecule has 1 aliphatic carbocycles. The summed E-state index contributed by atoms with van der Waals surface area (Å²) >= 11 is 0. The highest BCUT2D eigenvalue weighted by molar-refractivity contribution is 5.96. The van der Waals surface area contributed by atoms with Crippen LogP contribution in [-0.4, -0.2) is 45.3 Å². The van der Waals surface area contributed by atoms with Crippen LogP contribution in [0.2, 0.25) is 0 Å². The highest BCUT2D eigenvalue weighted by Gasteiger charge is 2.34. The topological polar surface area (TPSA) is 45.6 Å². The zero-order valence-electron chi connectivity index (χ0n) is 20.3. The average molecular weight is 458 g/mol. The van der Waals surface area contributed by atoms with Crippen molar-refractivity contribution in [2.75, 3.05) is 13.1 Å². The molecule has 0 aliphatic heterocycles. The van der Waals surface area contributed by atoms with Gasteiger partial charge in [-0.3, -0.25) is 9.59 Å². The van der Waals surface area contributed by atoms with E-state index >= 15 is 0 Å². The second kappa shape index (κ2) is 11.2. The third-order valence-corrected chi connectivity index (χ3v) is 6.42.